The Hall–Kier alpha value is 0.492. The summed E-state index contributed by atoms with van der Waals surface area (Å²) in [5.41, 5.74) is 0. The first-order valence-electron chi connectivity index (χ1n) is 6.64. The Morgan fingerprint density at radius 1 is 1.00 bits per heavy atom. The first-order chi connectivity index (χ1) is 7.06. The van der Waals surface area contributed by atoms with Crippen molar-refractivity contribution in [1.29, 1.82) is 0 Å². The molecule has 0 unspecified atom stereocenters. The third-order valence-corrected chi connectivity index (χ3v) is 7.16. The highest BCUT2D eigenvalue weighted by molar-refractivity contribution is 6.58. The average Bonchev–Trinajstić information content (AvgIpc) is 2.10. The molecule has 91 valence electrons. The van der Waals surface area contributed by atoms with E-state index in [2.05, 4.69) is 34.6 Å². The number of rotatable bonds is 9. The van der Waals surface area contributed by atoms with Crippen molar-refractivity contribution in [2.45, 2.75) is 56.9 Å². The van der Waals surface area contributed by atoms with Gasteiger partial charge in [-0.15, -0.1) is 0 Å². The third kappa shape index (κ3) is 10.8. The SMILES string of the molecule is CCOCC[CH2][Al-]([CH2]C(C)C)[CH2]C(C)C. The van der Waals surface area contributed by atoms with E-state index in [0.717, 1.165) is 25.0 Å². The van der Waals surface area contributed by atoms with Gasteiger partial charge in [0.25, 0.3) is 0 Å². The predicted octanol–water partition coefficient (Wildman–Crippen LogP) is 4.22. The van der Waals surface area contributed by atoms with E-state index in [1.807, 2.05) is 0 Å². The van der Waals surface area contributed by atoms with E-state index in [1.54, 1.807) is 0 Å². The quantitative estimate of drug-likeness (QED) is 0.424. The van der Waals surface area contributed by atoms with Gasteiger partial charge in [0, 0.05) is 13.2 Å². The van der Waals surface area contributed by atoms with E-state index in [4.69, 9.17) is 4.74 Å². The molecule has 0 fully saturated rings. The molecular formula is C13H29AlO-. The predicted molar refractivity (Wildman–Crippen MR) is 71.0 cm³/mol. The lowest BCUT2D eigenvalue weighted by molar-refractivity contribution is 0.148. The molecule has 0 N–H and O–H groups in total. The van der Waals surface area contributed by atoms with Gasteiger partial charge in [0.05, 0.1) is 0 Å². The molecule has 0 aromatic heterocycles. The first kappa shape index (κ1) is 15.5. The Kier molecular flexibility index (Phi) is 10.0. The van der Waals surface area contributed by atoms with Crippen LogP contribution >= 0.6 is 0 Å². The molecule has 0 bridgehead atoms. The fraction of sp³-hybridized carbons (Fsp3) is 1.00. The zero-order valence-electron chi connectivity index (χ0n) is 11.4. The van der Waals surface area contributed by atoms with Crippen molar-refractivity contribution < 1.29 is 4.74 Å². The highest BCUT2D eigenvalue weighted by Crippen LogP contribution is 2.18. The second-order valence-corrected chi connectivity index (χ2v) is 8.72. The summed E-state index contributed by atoms with van der Waals surface area (Å²) in [5.74, 6) is 1.79. The van der Waals surface area contributed by atoms with Crippen LogP contribution in [0.25, 0.3) is 0 Å². The molecule has 0 atom stereocenters. The molecule has 2 heteroatoms. The highest BCUT2D eigenvalue weighted by atomic mass is 27.2. The molecule has 15 heavy (non-hydrogen) atoms. The number of ether oxygens (including phenoxy) is 1. The second kappa shape index (κ2) is 9.70. The Morgan fingerprint density at radius 2 is 1.53 bits per heavy atom. The summed E-state index contributed by atoms with van der Waals surface area (Å²) in [4.78, 5) is 0. The normalized spacial score (nSPS) is 12.0. The van der Waals surface area contributed by atoms with Crippen molar-refractivity contribution in [2.75, 3.05) is 13.2 Å². The van der Waals surface area contributed by atoms with Gasteiger partial charge in [-0.3, -0.25) is 0 Å². The van der Waals surface area contributed by atoms with Crippen LogP contribution < -0.4 is 0 Å². The summed E-state index contributed by atoms with van der Waals surface area (Å²) in [6, 6.07) is 0. The van der Waals surface area contributed by atoms with Gasteiger partial charge in [-0.05, 0) is 21.1 Å². The van der Waals surface area contributed by atoms with Gasteiger partial charge in [0.15, 0.2) is 0 Å². The number of hydrogen-bond acceptors (Lipinski definition) is 1. The first-order valence-corrected chi connectivity index (χ1v) is 9.08. The summed E-state index contributed by atoms with van der Waals surface area (Å²) < 4.78 is 5.42. The molecule has 0 heterocycles. The lowest BCUT2D eigenvalue weighted by Gasteiger charge is -2.28. The van der Waals surface area contributed by atoms with E-state index in [-0.39, 0.29) is 0 Å². The van der Waals surface area contributed by atoms with Gasteiger partial charge in [0.2, 0.25) is 0 Å². The summed E-state index contributed by atoms with van der Waals surface area (Å²) >= 11 is -0.472. The third-order valence-electron chi connectivity index (χ3n) is 2.71. The summed E-state index contributed by atoms with van der Waals surface area (Å²) in [5, 5.41) is 4.52. The molecule has 0 saturated carbocycles. The van der Waals surface area contributed by atoms with Crippen LogP contribution in [0.2, 0.25) is 15.8 Å². The fourth-order valence-corrected chi connectivity index (χ4v) is 6.36. The average molecular weight is 228 g/mol. The zero-order chi connectivity index (χ0) is 11.7. The number of hydrogen-bond donors (Lipinski definition) is 0. The Bertz CT molecular complexity index is 124. The maximum absolute atomic E-state index is 5.42. The van der Waals surface area contributed by atoms with Crippen molar-refractivity contribution in [3.8, 4) is 0 Å². The maximum atomic E-state index is 5.42. The molecule has 0 aliphatic carbocycles. The molecule has 0 aromatic rings. The minimum atomic E-state index is -0.472. The Balaban J connectivity index is 3.69. The van der Waals surface area contributed by atoms with E-state index in [0.29, 0.717) is 0 Å². The van der Waals surface area contributed by atoms with Gasteiger partial charge < -0.3 is 4.74 Å². The molecule has 0 amide bonds. The lowest BCUT2D eigenvalue weighted by Crippen LogP contribution is -2.18. The van der Waals surface area contributed by atoms with E-state index in [9.17, 15) is 0 Å². The smallest absolute Gasteiger partial charge is 0.0437 e. The summed E-state index contributed by atoms with van der Waals surface area (Å²) in [6.07, 6.45) is 1.30. The maximum Gasteiger partial charge on any atom is 0.0437 e. The molecule has 0 aliphatic heterocycles. The van der Waals surface area contributed by atoms with Crippen LogP contribution in [-0.4, -0.2) is 27.4 Å². The van der Waals surface area contributed by atoms with Gasteiger partial charge in [-0.25, -0.2) is 15.8 Å². The van der Waals surface area contributed by atoms with Crippen molar-refractivity contribution in [1.82, 2.24) is 0 Å². The van der Waals surface area contributed by atoms with Crippen molar-refractivity contribution in [2.24, 2.45) is 11.8 Å². The van der Waals surface area contributed by atoms with Crippen LogP contribution in [0.4, 0.5) is 0 Å². The Morgan fingerprint density at radius 3 is 1.93 bits per heavy atom. The van der Waals surface area contributed by atoms with Gasteiger partial charge in [0.1, 0.15) is 0 Å². The molecule has 0 rings (SSSR count). The molecule has 0 aromatic carbocycles. The van der Waals surface area contributed by atoms with Crippen LogP contribution in [0.1, 0.15) is 41.0 Å². The summed E-state index contributed by atoms with van der Waals surface area (Å²) in [7, 11) is 0. The van der Waals surface area contributed by atoms with Crippen LogP contribution in [0.15, 0.2) is 0 Å². The van der Waals surface area contributed by atoms with Crippen molar-refractivity contribution in [3.63, 3.8) is 0 Å². The van der Waals surface area contributed by atoms with E-state index >= 15 is 0 Å². The molecule has 0 aliphatic rings. The van der Waals surface area contributed by atoms with Crippen molar-refractivity contribution in [3.05, 3.63) is 0 Å². The lowest BCUT2D eigenvalue weighted by atomic mass is 10.3. The van der Waals surface area contributed by atoms with Crippen LogP contribution in [-0.2, 0) is 4.74 Å². The zero-order valence-corrected chi connectivity index (χ0v) is 12.5. The van der Waals surface area contributed by atoms with Crippen molar-refractivity contribution >= 4 is 14.1 Å². The minimum absolute atomic E-state index is 0.472. The Labute approximate surface area is 101 Å². The summed E-state index contributed by atoms with van der Waals surface area (Å²) in [6.45, 7) is 13.4. The highest BCUT2D eigenvalue weighted by Gasteiger charge is 2.05. The standard InChI is InChI=1S/C5H11O.2C4H9.Al/c1-3-5-6-4-2;2*1-4(2)3;/h1,3-5H2,2H3;2*4H,1H2,2-3H3;/q;;;-1. The largest absolute Gasteiger partial charge is 0.382 e. The van der Waals surface area contributed by atoms with Crippen LogP contribution in [0.3, 0.4) is 0 Å². The molecule has 1 radical (unpaired) electrons. The van der Waals surface area contributed by atoms with E-state index < -0.39 is 14.1 Å². The van der Waals surface area contributed by atoms with Gasteiger partial charge in [-0.2, -0.15) is 0 Å². The monoisotopic (exact) mass is 228 g/mol. The van der Waals surface area contributed by atoms with E-state index in [1.165, 1.54) is 22.3 Å². The molecule has 0 saturated heterocycles. The topological polar surface area (TPSA) is 9.23 Å². The van der Waals surface area contributed by atoms with Crippen LogP contribution in [0.5, 0.6) is 0 Å². The molecule has 1 nitrogen and oxygen atoms in total. The minimum Gasteiger partial charge on any atom is -0.382 e. The molecular weight excluding hydrogens is 199 g/mol. The van der Waals surface area contributed by atoms with Gasteiger partial charge in [-0.1, -0.05) is 46.0 Å². The molecule has 0 spiro atoms. The fourth-order valence-electron chi connectivity index (χ4n) is 2.28. The second-order valence-electron chi connectivity index (χ2n) is 5.46. The van der Waals surface area contributed by atoms with Crippen LogP contribution in [0, 0.1) is 11.8 Å². The van der Waals surface area contributed by atoms with Gasteiger partial charge >= 0.3 is 0 Å².